The summed E-state index contributed by atoms with van der Waals surface area (Å²) in [5.74, 6) is 0. The lowest BCUT2D eigenvalue weighted by atomic mass is 10.2. The molecular weight excluding hydrogens is 219 g/mol. The highest BCUT2D eigenvalue weighted by Gasteiger charge is 2.39. The third kappa shape index (κ3) is 2.45. The number of halogens is 5. The van der Waals surface area contributed by atoms with E-state index in [2.05, 4.69) is 5.10 Å². The second-order valence-corrected chi connectivity index (χ2v) is 3.31. The van der Waals surface area contributed by atoms with Crippen LogP contribution in [0.4, 0.5) is 22.0 Å². The first-order valence-corrected chi connectivity index (χ1v) is 4.18. The van der Waals surface area contributed by atoms with Crippen LogP contribution in [0.15, 0.2) is 6.20 Å². The predicted octanol–water partition coefficient (Wildman–Crippen LogP) is 3.42. The van der Waals surface area contributed by atoms with Gasteiger partial charge in [-0.15, -0.1) is 0 Å². The average molecular weight is 228 g/mol. The number of rotatable bonds is 2. The van der Waals surface area contributed by atoms with E-state index in [0.717, 1.165) is 10.9 Å². The molecule has 0 aliphatic heterocycles. The molecular formula is C8H9F5N2. The molecule has 0 spiro atoms. The first kappa shape index (κ1) is 11.9. The molecule has 0 bridgehead atoms. The second-order valence-electron chi connectivity index (χ2n) is 3.31. The van der Waals surface area contributed by atoms with Gasteiger partial charge in [-0.05, 0) is 13.8 Å². The molecule has 0 saturated heterocycles. The van der Waals surface area contributed by atoms with Crippen molar-refractivity contribution < 1.29 is 22.0 Å². The van der Waals surface area contributed by atoms with Crippen molar-refractivity contribution in [3.05, 3.63) is 17.5 Å². The summed E-state index contributed by atoms with van der Waals surface area (Å²) in [6.07, 6.45) is -7.28. The Hall–Kier alpha value is -1.14. The highest BCUT2D eigenvalue weighted by atomic mass is 19.4. The number of hydrogen-bond acceptors (Lipinski definition) is 1. The maximum Gasteiger partial charge on any atom is 0.435 e. The third-order valence-corrected chi connectivity index (χ3v) is 1.79. The molecule has 0 aliphatic rings. The Morgan fingerprint density at radius 2 is 1.80 bits per heavy atom. The average Bonchev–Trinajstić information content (AvgIpc) is 2.45. The van der Waals surface area contributed by atoms with E-state index in [1.807, 2.05) is 0 Å². The Morgan fingerprint density at radius 1 is 1.27 bits per heavy atom. The van der Waals surface area contributed by atoms with Gasteiger partial charge in [0.1, 0.15) is 0 Å². The van der Waals surface area contributed by atoms with Crippen molar-refractivity contribution in [1.29, 1.82) is 0 Å². The molecule has 1 heterocycles. The van der Waals surface area contributed by atoms with Crippen molar-refractivity contribution in [3.63, 3.8) is 0 Å². The van der Waals surface area contributed by atoms with Gasteiger partial charge < -0.3 is 0 Å². The van der Waals surface area contributed by atoms with Crippen molar-refractivity contribution in [2.75, 3.05) is 0 Å². The molecule has 0 aromatic carbocycles. The summed E-state index contributed by atoms with van der Waals surface area (Å²) in [5.41, 5.74) is -2.58. The minimum atomic E-state index is -4.84. The van der Waals surface area contributed by atoms with E-state index in [4.69, 9.17) is 0 Å². The summed E-state index contributed by atoms with van der Waals surface area (Å²) in [7, 11) is 0. The van der Waals surface area contributed by atoms with Gasteiger partial charge in [-0.3, -0.25) is 4.68 Å². The zero-order chi connectivity index (χ0) is 11.8. The van der Waals surface area contributed by atoms with Crippen molar-refractivity contribution in [2.24, 2.45) is 0 Å². The van der Waals surface area contributed by atoms with Crippen LogP contribution in [0.5, 0.6) is 0 Å². The molecule has 7 heteroatoms. The van der Waals surface area contributed by atoms with E-state index in [0.29, 0.717) is 0 Å². The van der Waals surface area contributed by atoms with Gasteiger partial charge in [0, 0.05) is 12.2 Å². The monoisotopic (exact) mass is 228 g/mol. The van der Waals surface area contributed by atoms with Crippen LogP contribution in [0.25, 0.3) is 0 Å². The minimum Gasteiger partial charge on any atom is -0.269 e. The fourth-order valence-corrected chi connectivity index (χ4v) is 1.05. The molecule has 2 nitrogen and oxygen atoms in total. The molecule has 15 heavy (non-hydrogen) atoms. The Labute approximate surface area is 82.7 Å². The molecule has 0 radical (unpaired) electrons. The smallest absolute Gasteiger partial charge is 0.269 e. The Balaban J connectivity index is 3.24. The van der Waals surface area contributed by atoms with Gasteiger partial charge in [-0.2, -0.15) is 18.3 Å². The molecule has 1 rings (SSSR count). The zero-order valence-corrected chi connectivity index (χ0v) is 8.02. The minimum absolute atomic E-state index is 0.390. The highest BCUT2D eigenvalue weighted by Crippen LogP contribution is 2.35. The summed E-state index contributed by atoms with van der Waals surface area (Å²) in [4.78, 5) is 0. The SMILES string of the molecule is CC(C)n1cc(C(F)F)c(C(F)(F)F)n1. The molecule has 1 aromatic rings. The van der Waals surface area contributed by atoms with Crippen LogP contribution in [0, 0.1) is 0 Å². The molecule has 0 amide bonds. The maximum atomic E-state index is 12.3. The molecule has 1 aromatic heterocycles. The summed E-state index contributed by atoms with van der Waals surface area (Å²) in [5, 5.41) is 3.11. The lowest BCUT2D eigenvalue weighted by molar-refractivity contribution is -0.143. The van der Waals surface area contributed by atoms with Crippen LogP contribution in [0.1, 0.15) is 37.6 Å². The molecule has 0 unspecified atom stereocenters. The van der Waals surface area contributed by atoms with Crippen LogP contribution < -0.4 is 0 Å². The quantitative estimate of drug-likeness (QED) is 0.709. The van der Waals surface area contributed by atoms with Gasteiger partial charge in [0.2, 0.25) is 0 Å². The van der Waals surface area contributed by atoms with Gasteiger partial charge in [-0.25, -0.2) is 8.78 Å². The lowest BCUT2D eigenvalue weighted by Crippen LogP contribution is -2.10. The fraction of sp³-hybridized carbons (Fsp3) is 0.625. The number of nitrogens with zero attached hydrogens (tertiary/aromatic N) is 2. The number of alkyl halides is 5. The molecule has 86 valence electrons. The third-order valence-electron chi connectivity index (χ3n) is 1.79. The summed E-state index contributed by atoms with van der Waals surface area (Å²) >= 11 is 0. The molecule has 0 fully saturated rings. The Kier molecular flexibility index (Phi) is 3.01. The van der Waals surface area contributed by atoms with Gasteiger partial charge in [0.15, 0.2) is 5.69 Å². The van der Waals surface area contributed by atoms with E-state index in [1.165, 1.54) is 0 Å². The summed E-state index contributed by atoms with van der Waals surface area (Å²) < 4.78 is 62.3. The van der Waals surface area contributed by atoms with Crippen molar-refractivity contribution in [2.45, 2.75) is 32.5 Å². The summed E-state index contributed by atoms with van der Waals surface area (Å²) in [6, 6.07) is -0.390. The highest BCUT2D eigenvalue weighted by molar-refractivity contribution is 5.21. The molecule has 0 N–H and O–H groups in total. The standard InChI is InChI=1S/C8H9F5N2/c1-4(2)15-3-5(7(9)10)6(14-15)8(11,12)13/h3-4,7H,1-2H3. The van der Waals surface area contributed by atoms with Crippen molar-refractivity contribution >= 4 is 0 Å². The normalized spacial score (nSPS) is 12.9. The van der Waals surface area contributed by atoms with E-state index < -0.39 is 29.9 Å². The topological polar surface area (TPSA) is 17.8 Å². The van der Waals surface area contributed by atoms with Gasteiger partial charge in [-0.1, -0.05) is 0 Å². The van der Waals surface area contributed by atoms with Gasteiger partial charge >= 0.3 is 6.18 Å². The Morgan fingerprint density at radius 3 is 2.07 bits per heavy atom. The van der Waals surface area contributed by atoms with Crippen LogP contribution in [0.2, 0.25) is 0 Å². The predicted molar refractivity (Wildman–Crippen MR) is 42.6 cm³/mol. The summed E-state index contributed by atoms with van der Waals surface area (Å²) in [6.45, 7) is 3.12. The second kappa shape index (κ2) is 3.79. The van der Waals surface area contributed by atoms with Gasteiger partial charge in [0.05, 0.1) is 5.56 Å². The van der Waals surface area contributed by atoms with Crippen molar-refractivity contribution in [1.82, 2.24) is 9.78 Å². The fourth-order valence-electron chi connectivity index (χ4n) is 1.05. The molecule has 0 atom stereocenters. The van der Waals surface area contributed by atoms with Gasteiger partial charge in [0.25, 0.3) is 6.43 Å². The number of hydrogen-bond donors (Lipinski definition) is 0. The van der Waals surface area contributed by atoms with Crippen LogP contribution >= 0.6 is 0 Å². The number of aromatic nitrogens is 2. The first-order valence-electron chi connectivity index (χ1n) is 4.18. The van der Waals surface area contributed by atoms with Crippen LogP contribution in [-0.2, 0) is 6.18 Å². The van der Waals surface area contributed by atoms with E-state index >= 15 is 0 Å². The zero-order valence-electron chi connectivity index (χ0n) is 8.02. The van der Waals surface area contributed by atoms with E-state index in [9.17, 15) is 22.0 Å². The van der Waals surface area contributed by atoms with Crippen LogP contribution in [0.3, 0.4) is 0 Å². The maximum absolute atomic E-state index is 12.3. The molecule has 0 saturated carbocycles. The van der Waals surface area contributed by atoms with Crippen LogP contribution in [-0.4, -0.2) is 9.78 Å². The largest absolute Gasteiger partial charge is 0.435 e. The first-order chi connectivity index (χ1) is 6.73. The Bertz CT molecular complexity index is 339. The lowest BCUT2D eigenvalue weighted by Gasteiger charge is -2.05. The van der Waals surface area contributed by atoms with E-state index in [-0.39, 0.29) is 0 Å². The molecule has 0 aliphatic carbocycles. The van der Waals surface area contributed by atoms with Crippen molar-refractivity contribution in [3.8, 4) is 0 Å². The van der Waals surface area contributed by atoms with E-state index in [1.54, 1.807) is 13.8 Å².